The average Bonchev–Trinajstić information content (AvgIpc) is 3.25. The highest BCUT2D eigenvalue weighted by Crippen LogP contribution is 2.31. The molecule has 0 saturated carbocycles. The molecule has 0 bridgehead atoms. The molecule has 2 aromatic heterocycles. The molecule has 0 atom stereocenters. The fraction of sp³-hybridized carbons (Fsp3) is 0.120. The molecule has 0 fully saturated rings. The van der Waals surface area contributed by atoms with Crippen LogP contribution in [0.25, 0.3) is 23.1 Å². The van der Waals surface area contributed by atoms with E-state index in [9.17, 15) is 5.26 Å². The first-order valence-corrected chi connectivity index (χ1v) is 10.7. The van der Waals surface area contributed by atoms with Gasteiger partial charge in [-0.1, -0.05) is 24.3 Å². The highest BCUT2D eigenvalue weighted by atomic mass is 32.2. The number of H-pyrrole nitrogens is 1. The number of nitriles is 1. The molecule has 2 heterocycles. The highest BCUT2D eigenvalue weighted by Gasteiger charge is 2.11. The van der Waals surface area contributed by atoms with Gasteiger partial charge in [0, 0.05) is 45.6 Å². The van der Waals surface area contributed by atoms with Crippen LogP contribution in [0.2, 0.25) is 0 Å². The Labute approximate surface area is 186 Å². The first-order valence-electron chi connectivity index (χ1n) is 9.90. The average molecular weight is 426 g/mol. The summed E-state index contributed by atoms with van der Waals surface area (Å²) in [5.74, 6) is 0. The summed E-state index contributed by atoms with van der Waals surface area (Å²) >= 11 is 1.68. The van der Waals surface area contributed by atoms with Crippen molar-refractivity contribution in [3.05, 3.63) is 83.3 Å². The van der Waals surface area contributed by atoms with E-state index in [1.165, 1.54) is 4.90 Å². The Morgan fingerprint density at radius 3 is 2.61 bits per heavy atom. The van der Waals surface area contributed by atoms with Gasteiger partial charge >= 0.3 is 0 Å². The van der Waals surface area contributed by atoms with Crippen LogP contribution in [-0.2, 0) is 0 Å². The van der Waals surface area contributed by atoms with Gasteiger partial charge in [-0.3, -0.25) is 9.29 Å². The minimum atomic E-state index is 0.508. The maximum atomic E-state index is 9.65. The van der Waals surface area contributed by atoms with Crippen LogP contribution in [0.15, 0.2) is 66.0 Å². The van der Waals surface area contributed by atoms with Crippen molar-refractivity contribution in [3.8, 4) is 6.07 Å². The first kappa shape index (κ1) is 20.7. The summed E-state index contributed by atoms with van der Waals surface area (Å²) in [4.78, 5) is 8.67. The molecule has 4 rings (SSSR count). The molecular formula is C25H23N5S. The van der Waals surface area contributed by atoms with Crippen LogP contribution >= 0.6 is 11.9 Å². The second kappa shape index (κ2) is 9.09. The number of pyridine rings is 1. The molecule has 31 heavy (non-hydrogen) atoms. The third kappa shape index (κ3) is 4.64. The molecule has 0 radical (unpaired) electrons. The van der Waals surface area contributed by atoms with Crippen LogP contribution in [0.1, 0.15) is 22.3 Å². The zero-order valence-corrected chi connectivity index (χ0v) is 18.5. The fourth-order valence-electron chi connectivity index (χ4n) is 3.42. The number of hydrogen-bond donors (Lipinski definition) is 2. The van der Waals surface area contributed by atoms with E-state index in [-0.39, 0.29) is 0 Å². The van der Waals surface area contributed by atoms with Gasteiger partial charge in [0.1, 0.15) is 6.07 Å². The van der Waals surface area contributed by atoms with Crippen molar-refractivity contribution >= 4 is 46.4 Å². The minimum Gasteiger partial charge on any atom is -0.361 e. The van der Waals surface area contributed by atoms with Gasteiger partial charge in [0.15, 0.2) is 0 Å². The molecule has 2 N–H and O–H groups in total. The van der Waals surface area contributed by atoms with Crippen LogP contribution < -0.4 is 5.32 Å². The lowest BCUT2D eigenvalue weighted by molar-refractivity contribution is 0.702. The van der Waals surface area contributed by atoms with Crippen molar-refractivity contribution in [3.63, 3.8) is 0 Å². The molecule has 0 aliphatic carbocycles. The van der Waals surface area contributed by atoms with Crippen molar-refractivity contribution in [1.82, 2.24) is 14.3 Å². The summed E-state index contributed by atoms with van der Waals surface area (Å²) in [6.45, 7) is 2.08. The summed E-state index contributed by atoms with van der Waals surface area (Å²) < 4.78 is 2.06. The van der Waals surface area contributed by atoms with Crippen LogP contribution in [0.3, 0.4) is 0 Å². The second-order valence-corrected chi connectivity index (χ2v) is 8.76. The Morgan fingerprint density at radius 2 is 1.87 bits per heavy atom. The van der Waals surface area contributed by atoms with Gasteiger partial charge in [0.25, 0.3) is 0 Å². The van der Waals surface area contributed by atoms with Gasteiger partial charge in [-0.25, -0.2) is 0 Å². The Hall–Kier alpha value is -3.53. The number of nitrogens with zero attached hydrogens (tertiary/aromatic N) is 3. The van der Waals surface area contributed by atoms with Gasteiger partial charge in [0.2, 0.25) is 0 Å². The quantitative estimate of drug-likeness (QED) is 0.359. The Balaban J connectivity index is 1.65. The zero-order valence-electron chi connectivity index (χ0n) is 17.7. The molecule has 154 valence electrons. The molecule has 0 aliphatic rings. The molecule has 5 nitrogen and oxygen atoms in total. The molecular weight excluding hydrogens is 402 g/mol. The van der Waals surface area contributed by atoms with E-state index in [1.54, 1.807) is 24.3 Å². The molecule has 6 heteroatoms. The molecule has 0 unspecified atom stereocenters. The Bertz CT molecular complexity index is 1280. The maximum absolute atomic E-state index is 9.65. The normalized spacial score (nSPS) is 11.3. The lowest BCUT2D eigenvalue weighted by Crippen LogP contribution is -1.99. The van der Waals surface area contributed by atoms with Gasteiger partial charge in [-0.15, -0.1) is 0 Å². The lowest BCUT2D eigenvalue weighted by atomic mass is 10.1. The van der Waals surface area contributed by atoms with Crippen LogP contribution in [-0.4, -0.2) is 28.4 Å². The SMILES string of the molecule is Cc1c(Nc2c(C#N)cncc2/C=C/c2ccc(SN(C)C)cc2)ccc2[nH]ccc12. The molecule has 4 aromatic rings. The van der Waals surface area contributed by atoms with Crippen molar-refractivity contribution in [2.45, 2.75) is 11.8 Å². The van der Waals surface area contributed by atoms with Gasteiger partial charge in [-0.2, -0.15) is 5.26 Å². The number of nitrogens with one attached hydrogen (secondary N) is 2. The second-order valence-electron chi connectivity index (χ2n) is 7.37. The van der Waals surface area contributed by atoms with Gasteiger partial charge < -0.3 is 10.3 Å². The number of fused-ring (bicyclic) bond motifs is 1. The van der Waals surface area contributed by atoms with Crippen LogP contribution in [0, 0.1) is 18.3 Å². The summed E-state index contributed by atoms with van der Waals surface area (Å²) in [6, 6.07) is 16.8. The standard InChI is InChI=1S/C25H23N5S/c1-17-22-12-13-28-24(22)11-10-23(17)29-25-19(15-27-16-20(25)14-26)7-4-18-5-8-21(9-6-18)31-30(2)3/h4-13,15-16,28H,1-3H3,(H,27,29)/b7-4+. The van der Waals surface area contributed by atoms with E-state index < -0.39 is 0 Å². The molecule has 0 aliphatic heterocycles. The molecule has 0 amide bonds. The summed E-state index contributed by atoms with van der Waals surface area (Å²) in [7, 11) is 4.05. The fourth-order valence-corrected chi connectivity index (χ4v) is 4.10. The number of aromatic nitrogens is 2. The van der Waals surface area contributed by atoms with E-state index >= 15 is 0 Å². The summed E-state index contributed by atoms with van der Waals surface area (Å²) in [5.41, 5.74) is 6.40. The number of aryl methyl sites for hydroxylation is 1. The predicted octanol–water partition coefficient (Wildman–Crippen LogP) is 6.23. The van der Waals surface area contributed by atoms with Gasteiger partial charge in [0.05, 0.1) is 11.3 Å². The van der Waals surface area contributed by atoms with Crippen molar-refractivity contribution in [2.24, 2.45) is 0 Å². The zero-order chi connectivity index (χ0) is 21.8. The predicted molar refractivity (Wildman–Crippen MR) is 130 cm³/mol. The summed E-state index contributed by atoms with van der Waals surface area (Å²) in [5, 5.41) is 14.3. The number of anilines is 2. The first-order chi connectivity index (χ1) is 15.0. The lowest BCUT2D eigenvalue weighted by Gasteiger charge is -2.14. The molecule has 0 spiro atoms. The van der Waals surface area contributed by atoms with E-state index in [0.29, 0.717) is 5.56 Å². The summed E-state index contributed by atoms with van der Waals surface area (Å²) in [6.07, 6.45) is 9.34. The smallest absolute Gasteiger partial charge is 0.103 e. The molecule has 0 saturated heterocycles. The Morgan fingerprint density at radius 1 is 1.06 bits per heavy atom. The number of rotatable bonds is 6. The van der Waals surface area contributed by atoms with E-state index in [4.69, 9.17) is 0 Å². The minimum absolute atomic E-state index is 0.508. The van der Waals surface area contributed by atoms with E-state index in [2.05, 4.69) is 62.9 Å². The van der Waals surface area contributed by atoms with E-state index in [1.807, 2.05) is 44.6 Å². The van der Waals surface area contributed by atoms with E-state index in [0.717, 1.165) is 39.0 Å². The topological polar surface area (TPSA) is 67.7 Å². The largest absolute Gasteiger partial charge is 0.361 e. The highest BCUT2D eigenvalue weighted by molar-refractivity contribution is 7.97. The number of hydrogen-bond acceptors (Lipinski definition) is 5. The van der Waals surface area contributed by atoms with Gasteiger partial charge in [-0.05, 0) is 74.4 Å². The Kier molecular flexibility index (Phi) is 6.08. The van der Waals surface area contributed by atoms with Crippen LogP contribution in [0.4, 0.5) is 11.4 Å². The van der Waals surface area contributed by atoms with Crippen molar-refractivity contribution < 1.29 is 0 Å². The number of benzene rings is 2. The maximum Gasteiger partial charge on any atom is 0.103 e. The monoisotopic (exact) mass is 425 g/mol. The molecule has 2 aromatic carbocycles. The van der Waals surface area contributed by atoms with Crippen LogP contribution in [0.5, 0.6) is 0 Å². The van der Waals surface area contributed by atoms with Crippen molar-refractivity contribution in [1.29, 1.82) is 5.26 Å². The third-order valence-electron chi connectivity index (χ3n) is 4.98. The van der Waals surface area contributed by atoms with Crippen molar-refractivity contribution in [2.75, 3.05) is 19.4 Å². The third-order valence-corrected chi connectivity index (χ3v) is 5.83. The number of aromatic amines is 1.